The lowest BCUT2D eigenvalue weighted by Gasteiger charge is -2.18. The molecular formula is C28H25ClFN8O+. The van der Waals surface area contributed by atoms with Crippen LogP contribution < -0.4 is 10.00 Å². The number of aromatic amines is 1. The van der Waals surface area contributed by atoms with Gasteiger partial charge in [0.2, 0.25) is 5.91 Å². The van der Waals surface area contributed by atoms with E-state index in [1.807, 2.05) is 53.5 Å². The maximum atomic E-state index is 15.2. The van der Waals surface area contributed by atoms with Crippen LogP contribution >= 0.6 is 11.6 Å². The zero-order valence-electron chi connectivity index (χ0n) is 21.1. The summed E-state index contributed by atoms with van der Waals surface area (Å²) in [5.74, 6) is -0.0210. The monoisotopic (exact) mass is 543 g/mol. The van der Waals surface area contributed by atoms with E-state index in [-0.39, 0.29) is 17.0 Å². The third-order valence-corrected chi connectivity index (χ3v) is 7.13. The number of hydrogen-bond acceptors (Lipinski definition) is 5. The van der Waals surface area contributed by atoms with Crippen LogP contribution in [0.25, 0.3) is 27.9 Å². The molecule has 196 valence electrons. The summed E-state index contributed by atoms with van der Waals surface area (Å²) in [6.45, 7) is 1.48. The van der Waals surface area contributed by atoms with E-state index in [1.165, 1.54) is 36.8 Å². The number of aromatic nitrogens is 7. The molecule has 1 saturated carbocycles. The van der Waals surface area contributed by atoms with Crippen molar-refractivity contribution < 1.29 is 13.9 Å². The highest BCUT2D eigenvalue weighted by Gasteiger charge is 2.29. The molecule has 0 aliphatic heterocycles. The Morgan fingerprint density at radius 1 is 1.13 bits per heavy atom. The van der Waals surface area contributed by atoms with Gasteiger partial charge < -0.3 is 5.32 Å². The molecule has 0 spiro atoms. The van der Waals surface area contributed by atoms with Gasteiger partial charge in [-0.1, -0.05) is 47.9 Å². The smallest absolute Gasteiger partial charge is 0.293 e. The largest absolute Gasteiger partial charge is 0.326 e. The molecule has 1 unspecified atom stereocenters. The predicted molar refractivity (Wildman–Crippen MR) is 144 cm³/mol. The highest BCUT2D eigenvalue weighted by atomic mass is 35.5. The fourth-order valence-electron chi connectivity index (χ4n) is 4.70. The Bertz CT molecular complexity index is 1610. The number of pyridine rings is 1. The van der Waals surface area contributed by atoms with Gasteiger partial charge in [0, 0.05) is 36.1 Å². The molecule has 0 bridgehead atoms. The van der Waals surface area contributed by atoms with Crippen molar-refractivity contribution in [3.8, 4) is 27.9 Å². The summed E-state index contributed by atoms with van der Waals surface area (Å²) in [6, 6.07) is 14.6. The van der Waals surface area contributed by atoms with E-state index in [1.54, 1.807) is 12.3 Å². The van der Waals surface area contributed by atoms with Gasteiger partial charge in [-0.2, -0.15) is 5.10 Å². The molecule has 1 fully saturated rings. The number of nitrogens with zero attached hydrogens (tertiary/aromatic N) is 6. The number of halogens is 2. The second-order valence-corrected chi connectivity index (χ2v) is 10.1. The number of amides is 1. The molecule has 6 rings (SSSR count). The first-order valence-electron chi connectivity index (χ1n) is 12.6. The van der Waals surface area contributed by atoms with Gasteiger partial charge >= 0.3 is 0 Å². The summed E-state index contributed by atoms with van der Waals surface area (Å²) < 4.78 is 18.7. The third-order valence-electron chi connectivity index (χ3n) is 6.84. The van der Waals surface area contributed by atoms with Crippen LogP contribution in [0.2, 0.25) is 5.02 Å². The number of carbonyl (C=O) groups excluding carboxylic acids is 1. The number of anilines is 1. The molecule has 2 N–H and O–H groups in total. The van der Waals surface area contributed by atoms with Crippen molar-refractivity contribution in [2.45, 2.75) is 32.2 Å². The normalized spacial score (nSPS) is 13.8. The SMILES string of the molecule is CC(=O)Nc1ccc(-c2cnn(C(CC3CC3)c3ccc(-c4c(-[n+]5cnn[nH]5)ccc(Cl)c4F)cn3)c2)cc1. The summed E-state index contributed by atoms with van der Waals surface area (Å²) >= 11 is 6.13. The van der Waals surface area contributed by atoms with Gasteiger partial charge in [0.25, 0.3) is 6.33 Å². The van der Waals surface area contributed by atoms with Gasteiger partial charge in [-0.3, -0.25) is 14.5 Å². The highest BCUT2D eigenvalue weighted by Crippen LogP contribution is 2.40. The number of tetrazole rings is 1. The van der Waals surface area contributed by atoms with Crippen LogP contribution in [0, 0.1) is 11.7 Å². The molecule has 2 aromatic carbocycles. The topological polar surface area (TPSA) is 105 Å². The molecule has 9 nitrogen and oxygen atoms in total. The first-order chi connectivity index (χ1) is 19.0. The van der Waals surface area contributed by atoms with Gasteiger partial charge in [-0.05, 0) is 48.2 Å². The fourth-order valence-corrected chi connectivity index (χ4v) is 4.86. The van der Waals surface area contributed by atoms with Gasteiger partial charge in [0.1, 0.15) is 10.8 Å². The molecule has 39 heavy (non-hydrogen) atoms. The standard InChI is InChI=1S/C28H24ClFN8O/c1-17(39)34-22-7-4-19(5-8-22)21-14-33-37(15-21)26(12-18-2-3-18)24-10-6-20(13-31-24)27-25(38-16-32-35-36-38)11-9-23(29)28(27)30/h4-11,13-16,18,26H,2-3,12H2,1H3,(H,34,39)/p+1. The van der Waals surface area contributed by atoms with Crippen LogP contribution in [-0.4, -0.2) is 36.2 Å². The lowest BCUT2D eigenvalue weighted by atomic mass is 10.0. The Balaban J connectivity index is 1.31. The van der Waals surface area contributed by atoms with Crippen molar-refractivity contribution in [2.24, 2.45) is 5.92 Å². The van der Waals surface area contributed by atoms with E-state index in [2.05, 4.69) is 25.9 Å². The van der Waals surface area contributed by atoms with E-state index in [0.29, 0.717) is 22.7 Å². The molecule has 3 heterocycles. The number of hydrogen-bond donors (Lipinski definition) is 2. The van der Waals surface area contributed by atoms with Crippen molar-refractivity contribution in [1.29, 1.82) is 0 Å². The average molecular weight is 544 g/mol. The Hall–Kier alpha value is -4.44. The second-order valence-electron chi connectivity index (χ2n) is 9.69. The number of nitrogens with one attached hydrogen (secondary N) is 2. The average Bonchev–Trinajstić information content (AvgIpc) is 3.36. The maximum absolute atomic E-state index is 15.2. The Morgan fingerprint density at radius 3 is 2.59 bits per heavy atom. The quantitative estimate of drug-likeness (QED) is 0.263. The van der Waals surface area contributed by atoms with Crippen LogP contribution in [0.5, 0.6) is 0 Å². The Labute approximate surface area is 228 Å². The number of H-pyrrole nitrogens is 1. The predicted octanol–water partition coefficient (Wildman–Crippen LogP) is 5.15. The van der Waals surface area contributed by atoms with Gasteiger partial charge in [-0.15, -0.1) is 4.68 Å². The zero-order chi connectivity index (χ0) is 26.9. The van der Waals surface area contributed by atoms with E-state index >= 15 is 4.39 Å². The molecular weight excluding hydrogens is 519 g/mol. The van der Waals surface area contributed by atoms with Gasteiger partial charge in [0.15, 0.2) is 11.0 Å². The molecule has 1 amide bonds. The summed E-state index contributed by atoms with van der Waals surface area (Å²) in [5, 5.41) is 17.7. The van der Waals surface area contributed by atoms with Crippen molar-refractivity contribution in [3.63, 3.8) is 0 Å². The molecule has 0 radical (unpaired) electrons. The number of carbonyl (C=O) groups is 1. The first-order valence-corrected chi connectivity index (χ1v) is 13.0. The minimum absolute atomic E-state index is 0.0201. The highest BCUT2D eigenvalue weighted by molar-refractivity contribution is 6.31. The van der Waals surface area contributed by atoms with E-state index in [4.69, 9.17) is 16.6 Å². The molecule has 11 heteroatoms. The molecule has 1 atom stereocenters. The van der Waals surface area contributed by atoms with Gasteiger partial charge in [0.05, 0.1) is 28.5 Å². The van der Waals surface area contributed by atoms with Crippen LogP contribution in [0.15, 0.2) is 73.4 Å². The summed E-state index contributed by atoms with van der Waals surface area (Å²) in [4.78, 5) is 16.1. The molecule has 1 aliphatic carbocycles. The van der Waals surface area contributed by atoms with E-state index in [0.717, 1.165) is 28.9 Å². The van der Waals surface area contributed by atoms with Crippen molar-refractivity contribution in [3.05, 3.63) is 90.0 Å². The number of rotatable bonds is 8. The summed E-state index contributed by atoms with van der Waals surface area (Å²) in [7, 11) is 0. The molecule has 0 saturated heterocycles. The number of benzene rings is 2. The molecule has 3 aromatic heterocycles. The minimum Gasteiger partial charge on any atom is -0.326 e. The first kappa shape index (κ1) is 24.9. The minimum atomic E-state index is -0.540. The van der Waals surface area contributed by atoms with Crippen molar-refractivity contribution in [1.82, 2.24) is 30.3 Å². The van der Waals surface area contributed by atoms with E-state index < -0.39 is 5.82 Å². The zero-order valence-corrected chi connectivity index (χ0v) is 21.8. The fraction of sp³-hybridized carbons (Fsp3) is 0.214. The maximum Gasteiger partial charge on any atom is 0.293 e. The lowest BCUT2D eigenvalue weighted by Crippen LogP contribution is -2.33. The Morgan fingerprint density at radius 2 is 1.92 bits per heavy atom. The van der Waals surface area contributed by atoms with Crippen molar-refractivity contribution >= 4 is 23.2 Å². The van der Waals surface area contributed by atoms with Crippen LogP contribution in [0.1, 0.15) is 37.9 Å². The molecule has 5 aromatic rings. The molecule has 1 aliphatic rings. The van der Waals surface area contributed by atoms with Crippen LogP contribution in [0.3, 0.4) is 0 Å². The Kier molecular flexibility index (Phi) is 6.62. The van der Waals surface area contributed by atoms with Gasteiger partial charge in [-0.25, -0.2) is 4.39 Å². The lowest BCUT2D eigenvalue weighted by molar-refractivity contribution is -0.659. The van der Waals surface area contributed by atoms with Crippen molar-refractivity contribution in [2.75, 3.05) is 5.32 Å². The van der Waals surface area contributed by atoms with E-state index in [9.17, 15) is 4.79 Å². The van der Waals surface area contributed by atoms with Crippen LogP contribution in [-0.2, 0) is 4.79 Å². The summed E-state index contributed by atoms with van der Waals surface area (Å²) in [6.07, 6.45) is 10.3. The third kappa shape index (κ3) is 5.28. The summed E-state index contributed by atoms with van der Waals surface area (Å²) in [5.41, 5.74) is 4.97. The second kappa shape index (κ2) is 10.4. The van der Waals surface area contributed by atoms with Crippen LogP contribution in [0.4, 0.5) is 10.1 Å².